The number of phenolic OH excluding ortho intramolecular Hbond substituents is 1. The summed E-state index contributed by atoms with van der Waals surface area (Å²) in [6.07, 6.45) is 1.10. The molecule has 4 aromatic carbocycles. The molecule has 0 radical (unpaired) electrons. The van der Waals surface area contributed by atoms with Crippen molar-refractivity contribution in [1.29, 1.82) is 0 Å². The highest BCUT2D eigenvalue weighted by Crippen LogP contribution is 2.44. The van der Waals surface area contributed by atoms with Crippen molar-refractivity contribution >= 4 is 22.9 Å². The molecule has 1 heterocycles. The van der Waals surface area contributed by atoms with Crippen LogP contribution in [0.5, 0.6) is 5.75 Å². The molecule has 2 unspecified atom stereocenters. The largest absolute Gasteiger partial charge is 0.508 e. The van der Waals surface area contributed by atoms with Gasteiger partial charge in [0.25, 0.3) is 0 Å². The van der Waals surface area contributed by atoms with Crippen molar-refractivity contribution < 1.29 is 14.7 Å². The first-order valence-corrected chi connectivity index (χ1v) is 12.4. The molecule has 1 aliphatic carbocycles. The van der Waals surface area contributed by atoms with Gasteiger partial charge in [-0.05, 0) is 53.8 Å². The topological polar surface area (TPSA) is 78.4 Å². The number of anilines is 2. The highest BCUT2D eigenvalue weighted by atomic mass is 16.3. The lowest BCUT2D eigenvalue weighted by atomic mass is 9.78. The van der Waals surface area contributed by atoms with Crippen molar-refractivity contribution in [2.24, 2.45) is 0 Å². The van der Waals surface area contributed by atoms with Crippen molar-refractivity contribution in [1.82, 2.24) is 0 Å². The third-order valence-electron chi connectivity index (χ3n) is 7.20. The van der Waals surface area contributed by atoms with Crippen LogP contribution in [-0.4, -0.2) is 16.7 Å². The van der Waals surface area contributed by atoms with Crippen LogP contribution >= 0.6 is 0 Å². The number of hydrogen-bond donors (Lipinski definition) is 3. The Hall–Kier alpha value is -4.64. The number of nitrogens with one attached hydrogen (secondary N) is 2. The van der Waals surface area contributed by atoms with Crippen LogP contribution in [0.2, 0.25) is 0 Å². The molecule has 2 aliphatic rings. The first-order chi connectivity index (χ1) is 18.1. The minimum atomic E-state index is -0.385. The molecule has 6 rings (SSSR count). The molecule has 0 saturated carbocycles. The number of ketones is 2. The van der Waals surface area contributed by atoms with E-state index in [1.165, 1.54) is 0 Å². The maximum absolute atomic E-state index is 13.7. The van der Waals surface area contributed by atoms with Crippen LogP contribution in [-0.2, 0) is 4.79 Å². The third kappa shape index (κ3) is 4.40. The molecule has 37 heavy (non-hydrogen) atoms. The Morgan fingerprint density at radius 3 is 2.16 bits per heavy atom. The molecule has 0 aromatic heterocycles. The summed E-state index contributed by atoms with van der Waals surface area (Å²) in [7, 11) is 0. The molecular weight excluding hydrogens is 460 g/mol. The average molecular weight is 487 g/mol. The molecule has 5 heteroatoms. The Kier molecular flexibility index (Phi) is 5.81. The van der Waals surface area contributed by atoms with Gasteiger partial charge in [-0.3, -0.25) is 9.59 Å². The maximum Gasteiger partial charge on any atom is 0.193 e. The average Bonchev–Trinajstić information content (AvgIpc) is 3.10. The zero-order chi connectivity index (χ0) is 25.4. The van der Waals surface area contributed by atoms with Gasteiger partial charge in [0.2, 0.25) is 0 Å². The minimum absolute atomic E-state index is 0.0550. The first kappa shape index (κ1) is 22.8. The lowest BCUT2D eigenvalue weighted by Gasteiger charge is -2.30. The summed E-state index contributed by atoms with van der Waals surface area (Å²) in [5.74, 6) is 0.270. The number of Topliss-reactive ketones (excluding diaryl/α,β-unsaturated/α-hetero) is 1. The van der Waals surface area contributed by atoms with Crippen LogP contribution in [0.3, 0.4) is 0 Å². The van der Waals surface area contributed by atoms with Gasteiger partial charge in [-0.25, -0.2) is 0 Å². The number of allylic oxidation sites excluding steroid dienone is 1. The molecule has 0 spiro atoms. The molecule has 182 valence electrons. The molecule has 5 nitrogen and oxygen atoms in total. The zero-order valence-corrected chi connectivity index (χ0v) is 20.1. The first-order valence-electron chi connectivity index (χ1n) is 12.4. The normalized spacial score (nSPS) is 18.6. The van der Waals surface area contributed by atoms with Gasteiger partial charge in [0.05, 0.1) is 17.4 Å². The molecule has 0 bridgehead atoms. The van der Waals surface area contributed by atoms with Crippen molar-refractivity contribution in [2.45, 2.75) is 24.8 Å². The van der Waals surface area contributed by atoms with Crippen LogP contribution in [0.4, 0.5) is 11.4 Å². The summed E-state index contributed by atoms with van der Waals surface area (Å²) in [6.45, 7) is 0. The second-order valence-corrected chi connectivity index (χ2v) is 9.58. The molecule has 0 amide bonds. The standard InChI is InChI=1S/C32H26N2O3/c35-25-14-11-21(12-15-25)31-30-28(18-24(19-29(30)36)20-7-3-1-4-8-20)33-27-17-23(13-16-26(27)34-31)32(37)22-9-5-2-6-10-22/h1-17,24,31,33-35H,18-19H2. The van der Waals surface area contributed by atoms with Crippen LogP contribution in [0.1, 0.15) is 51.8 Å². The van der Waals surface area contributed by atoms with Crippen molar-refractivity contribution in [3.8, 4) is 5.75 Å². The number of carbonyl (C=O) groups is 2. The lowest BCUT2D eigenvalue weighted by molar-refractivity contribution is -0.116. The molecule has 4 aromatic rings. The van der Waals surface area contributed by atoms with E-state index in [0.717, 1.165) is 28.2 Å². The van der Waals surface area contributed by atoms with E-state index in [1.807, 2.05) is 78.9 Å². The molecule has 0 fully saturated rings. The summed E-state index contributed by atoms with van der Waals surface area (Å²) in [5, 5.41) is 16.9. The van der Waals surface area contributed by atoms with Crippen molar-refractivity contribution in [2.75, 3.05) is 10.6 Å². The Morgan fingerprint density at radius 2 is 1.43 bits per heavy atom. The van der Waals surface area contributed by atoms with Gasteiger partial charge in [-0.1, -0.05) is 72.8 Å². The van der Waals surface area contributed by atoms with E-state index in [4.69, 9.17) is 0 Å². The van der Waals surface area contributed by atoms with Gasteiger partial charge in [0.15, 0.2) is 11.6 Å². The molecule has 3 N–H and O–H groups in total. The predicted molar refractivity (Wildman–Crippen MR) is 145 cm³/mol. The second-order valence-electron chi connectivity index (χ2n) is 9.58. The highest BCUT2D eigenvalue weighted by Gasteiger charge is 2.36. The van der Waals surface area contributed by atoms with E-state index < -0.39 is 0 Å². The van der Waals surface area contributed by atoms with E-state index in [-0.39, 0.29) is 29.3 Å². The number of carbonyl (C=O) groups excluding carboxylic acids is 2. The summed E-state index contributed by atoms with van der Waals surface area (Å²) in [6, 6.07) is 31.5. The van der Waals surface area contributed by atoms with E-state index in [9.17, 15) is 14.7 Å². The Bertz CT molecular complexity index is 1510. The van der Waals surface area contributed by atoms with E-state index in [0.29, 0.717) is 29.5 Å². The monoisotopic (exact) mass is 486 g/mol. The Balaban J connectivity index is 1.44. The van der Waals surface area contributed by atoms with E-state index in [1.54, 1.807) is 12.1 Å². The summed E-state index contributed by atoms with van der Waals surface area (Å²) >= 11 is 0. The van der Waals surface area contributed by atoms with Gasteiger partial charge in [-0.2, -0.15) is 0 Å². The Labute approximate surface area is 215 Å². The van der Waals surface area contributed by atoms with Gasteiger partial charge in [0, 0.05) is 28.8 Å². The van der Waals surface area contributed by atoms with Crippen LogP contribution < -0.4 is 10.6 Å². The lowest BCUT2D eigenvalue weighted by Crippen LogP contribution is -2.26. The number of rotatable bonds is 4. The molecule has 2 atom stereocenters. The van der Waals surface area contributed by atoms with Crippen LogP contribution in [0.25, 0.3) is 0 Å². The number of aromatic hydroxyl groups is 1. The van der Waals surface area contributed by atoms with Gasteiger partial charge >= 0.3 is 0 Å². The van der Waals surface area contributed by atoms with Gasteiger partial charge in [0.1, 0.15) is 5.75 Å². The number of phenols is 1. The minimum Gasteiger partial charge on any atom is -0.508 e. The smallest absolute Gasteiger partial charge is 0.193 e. The second kappa shape index (κ2) is 9.43. The molecular formula is C32H26N2O3. The fraction of sp³-hybridized carbons (Fsp3) is 0.125. The van der Waals surface area contributed by atoms with Crippen molar-refractivity contribution in [3.05, 3.63) is 137 Å². The quantitative estimate of drug-likeness (QED) is 0.283. The summed E-state index contributed by atoms with van der Waals surface area (Å²) in [4.78, 5) is 26.9. The van der Waals surface area contributed by atoms with Crippen LogP contribution in [0.15, 0.2) is 114 Å². The number of benzene rings is 4. The molecule has 0 saturated heterocycles. The van der Waals surface area contributed by atoms with E-state index in [2.05, 4.69) is 22.8 Å². The van der Waals surface area contributed by atoms with Gasteiger partial charge in [-0.15, -0.1) is 0 Å². The van der Waals surface area contributed by atoms with Gasteiger partial charge < -0.3 is 15.7 Å². The third-order valence-corrected chi connectivity index (χ3v) is 7.20. The van der Waals surface area contributed by atoms with Crippen molar-refractivity contribution in [3.63, 3.8) is 0 Å². The summed E-state index contributed by atoms with van der Waals surface area (Å²) < 4.78 is 0. The summed E-state index contributed by atoms with van der Waals surface area (Å²) in [5.41, 5.74) is 6.35. The molecule has 1 aliphatic heterocycles. The predicted octanol–water partition coefficient (Wildman–Crippen LogP) is 6.60. The SMILES string of the molecule is O=C1CC(c2ccccc2)CC2=C1C(c1ccc(O)cc1)Nc1ccc(C(=O)c3ccccc3)cc1N2. The Morgan fingerprint density at radius 1 is 0.730 bits per heavy atom. The highest BCUT2D eigenvalue weighted by molar-refractivity contribution is 6.10. The zero-order valence-electron chi connectivity index (χ0n) is 20.1. The fourth-order valence-corrected chi connectivity index (χ4v) is 5.32. The fourth-order valence-electron chi connectivity index (χ4n) is 5.32. The van der Waals surface area contributed by atoms with Crippen LogP contribution in [0, 0.1) is 0 Å². The number of hydrogen-bond acceptors (Lipinski definition) is 5. The maximum atomic E-state index is 13.7. The van der Waals surface area contributed by atoms with E-state index >= 15 is 0 Å². The number of fused-ring (bicyclic) bond motifs is 1.